The maximum Gasteiger partial charge on any atom is 0.293 e. The largest absolute Gasteiger partial charge is 0.462 e. The second-order valence-electron chi connectivity index (χ2n) is 3.81. The third kappa shape index (κ3) is 9.15. The van der Waals surface area contributed by atoms with Crippen LogP contribution in [0, 0.1) is 6.92 Å². The van der Waals surface area contributed by atoms with Crippen LogP contribution in [0.4, 0.5) is 0 Å². The lowest BCUT2D eigenvalue weighted by Gasteiger charge is -2.14. The van der Waals surface area contributed by atoms with Crippen molar-refractivity contribution >= 4 is 18.1 Å². The highest BCUT2D eigenvalue weighted by Gasteiger charge is 2.07. The lowest BCUT2D eigenvalue weighted by atomic mass is 10.2. The summed E-state index contributed by atoms with van der Waals surface area (Å²) in [7, 11) is 0. The maximum atomic E-state index is 9.60. The van der Waals surface area contributed by atoms with Crippen LogP contribution in [0.5, 0.6) is 0 Å². The van der Waals surface area contributed by atoms with Crippen molar-refractivity contribution < 1.29 is 9.53 Å². The summed E-state index contributed by atoms with van der Waals surface area (Å²) in [4.78, 5) is 17.3. The molecular weight excluding hydrogens is 216 g/mol. The van der Waals surface area contributed by atoms with Gasteiger partial charge in [0, 0.05) is 6.20 Å². The number of halogens is 1. The van der Waals surface area contributed by atoms with Crippen LogP contribution in [0.15, 0.2) is 12.4 Å². The number of aryl methyl sites for hydroxylation is 1. The Labute approximate surface area is 94.6 Å². The molecular formula is C10H15ClN2O2. The Morgan fingerprint density at radius 3 is 2.13 bits per heavy atom. The topological polar surface area (TPSA) is 52.1 Å². The zero-order valence-corrected chi connectivity index (χ0v) is 10.1. The van der Waals surface area contributed by atoms with Gasteiger partial charge in [0.05, 0.1) is 11.9 Å². The molecule has 0 aromatic carbocycles. The Hall–Kier alpha value is -1.16. The molecule has 0 atom stereocenters. The molecule has 4 nitrogen and oxygen atoms in total. The van der Waals surface area contributed by atoms with Crippen molar-refractivity contribution in [2.75, 3.05) is 0 Å². The minimum atomic E-state index is -0.318. The number of hydrogen-bond donors (Lipinski definition) is 0. The van der Waals surface area contributed by atoms with Crippen LogP contribution in [0.3, 0.4) is 0 Å². The minimum Gasteiger partial charge on any atom is -0.462 e. The normalized spacial score (nSPS) is 9.93. The Kier molecular flexibility index (Phi) is 5.86. The molecule has 1 rings (SSSR count). The lowest BCUT2D eigenvalue weighted by molar-refractivity contribution is -0.138. The molecule has 0 unspecified atom stereocenters. The molecule has 0 saturated carbocycles. The SMILES string of the molecule is CC(C)(C)OC=O.Cc1cnc(Cl)cn1. The first-order valence-corrected chi connectivity index (χ1v) is 4.78. The monoisotopic (exact) mass is 230 g/mol. The van der Waals surface area contributed by atoms with Crippen LogP contribution in [0.25, 0.3) is 0 Å². The summed E-state index contributed by atoms with van der Waals surface area (Å²) in [5.74, 6) is 0. The van der Waals surface area contributed by atoms with Gasteiger partial charge in [-0.15, -0.1) is 0 Å². The molecule has 1 heterocycles. The highest BCUT2D eigenvalue weighted by atomic mass is 35.5. The molecule has 15 heavy (non-hydrogen) atoms. The molecule has 0 bridgehead atoms. The molecule has 5 heteroatoms. The second kappa shape index (κ2) is 6.35. The summed E-state index contributed by atoms with van der Waals surface area (Å²) in [5.41, 5.74) is 0.566. The van der Waals surface area contributed by atoms with E-state index in [-0.39, 0.29) is 5.60 Å². The number of rotatable bonds is 1. The third-order valence-corrected chi connectivity index (χ3v) is 1.35. The fourth-order valence-corrected chi connectivity index (χ4v) is 0.619. The summed E-state index contributed by atoms with van der Waals surface area (Å²) >= 11 is 5.44. The zero-order chi connectivity index (χ0) is 11.9. The first-order valence-electron chi connectivity index (χ1n) is 4.41. The molecule has 1 aromatic heterocycles. The van der Waals surface area contributed by atoms with E-state index in [4.69, 9.17) is 11.6 Å². The third-order valence-electron chi connectivity index (χ3n) is 1.15. The van der Waals surface area contributed by atoms with Gasteiger partial charge in [-0.05, 0) is 27.7 Å². The van der Waals surface area contributed by atoms with Crippen molar-refractivity contribution in [2.24, 2.45) is 0 Å². The number of carbonyl (C=O) groups is 1. The van der Waals surface area contributed by atoms with E-state index in [9.17, 15) is 4.79 Å². The summed E-state index contributed by atoms with van der Waals surface area (Å²) in [5, 5.41) is 0.440. The van der Waals surface area contributed by atoms with Gasteiger partial charge in [0.1, 0.15) is 10.8 Å². The van der Waals surface area contributed by atoms with Gasteiger partial charge >= 0.3 is 0 Å². The van der Waals surface area contributed by atoms with Crippen LogP contribution in [0.1, 0.15) is 26.5 Å². The molecule has 0 N–H and O–H groups in total. The van der Waals surface area contributed by atoms with Gasteiger partial charge in [0.25, 0.3) is 6.47 Å². The predicted octanol–water partition coefficient (Wildman–Crippen LogP) is 2.40. The Bertz CT molecular complexity index is 272. The molecule has 0 amide bonds. The van der Waals surface area contributed by atoms with Crippen LogP contribution >= 0.6 is 11.6 Å². The minimum absolute atomic E-state index is 0.318. The molecule has 0 radical (unpaired) electrons. The second-order valence-corrected chi connectivity index (χ2v) is 4.19. The molecule has 0 fully saturated rings. The average molecular weight is 231 g/mol. The molecule has 0 aliphatic rings. The molecule has 1 aromatic rings. The fourth-order valence-electron chi connectivity index (χ4n) is 0.521. The summed E-state index contributed by atoms with van der Waals surface area (Å²) < 4.78 is 4.55. The van der Waals surface area contributed by atoms with E-state index >= 15 is 0 Å². The van der Waals surface area contributed by atoms with E-state index in [1.165, 1.54) is 6.20 Å². The van der Waals surface area contributed by atoms with E-state index in [0.29, 0.717) is 11.6 Å². The van der Waals surface area contributed by atoms with E-state index in [1.807, 2.05) is 27.7 Å². The van der Waals surface area contributed by atoms with E-state index in [1.54, 1.807) is 6.20 Å². The molecule has 0 spiro atoms. The fraction of sp³-hybridized carbons (Fsp3) is 0.500. The molecule has 0 aliphatic carbocycles. The molecule has 0 aliphatic heterocycles. The number of hydrogen-bond acceptors (Lipinski definition) is 4. The van der Waals surface area contributed by atoms with Crippen molar-refractivity contribution in [3.05, 3.63) is 23.2 Å². The quantitative estimate of drug-likeness (QED) is 0.696. The van der Waals surface area contributed by atoms with Crippen molar-refractivity contribution in [1.82, 2.24) is 9.97 Å². The van der Waals surface area contributed by atoms with Gasteiger partial charge < -0.3 is 4.74 Å². The van der Waals surface area contributed by atoms with Crippen molar-refractivity contribution in [2.45, 2.75) is 33.3 Å². The van der Waals surface area contributed by atoms with Crippen molar-refractivity contribution in [1.29, 1.82) is 0 Å². The van der Waals surface area contributed by atoms with Crippen LogP contribution in [-0.4, -0.2) is 22.0 Å². The van der Waals surface area contributed by atoms with Crippen molar-refractivity contribution in [3.8, 4) is 0 Å². The number of carbonyl (C=O) groups excluding carboxylic acids is 1. The van der Waals surface area contributed by atoms with Crippen LogP contribution < -0.4 is 0 Å². The zero-order valence-electron chi connectivity index (χ0n) is 9.32. The average Bonchev–Trinajstić information content (AvgIpc) is 2.09. The van der Waals surface area contributed by atoms with Gasteiger partial charge in [-0.1, -0.05) is 11.6 Å². The van der Waals surface area contributed by atoms with E-state index in [0.717, 1.165) is 5.69 Å². The Balaban J connectivity index is 0.000000265. The van der Waals surface area contributed by atoms with E-state index in [2.05, 4.69) is 14.7 Å². The lowest BCUT2D eigenvalue weighted by Crippen LogP contribution is -2.17. The van der Waals surface area contributed by atoms with Gasteiger partial charge in [0.15, 0.2) is 0 Å². The standard InChI is InChI=1S/C5H5ClN2.C5H10O2/c1-4-2-8-5(6)3-7-4;1-5(2,3)7-4-6/h2-3H,1H3;4H,1-3H3. The Morgan fingerprint density at radius 1 is 1.33 bits per heavy atom. The highest BCUT2D eigenvalue weighted by Crippen LogP contribution is 2.02. The van der Waals surface area contributed by atoms with Gasteiger partial charge in [-0.25, -0.2) is 4.98 Å². The molecule has 84 valence electrons. The maximum absolute atomic E-state index is 9.60. The smallest absolute Gasteiger partial charge is 0.293 e. The van der Waals surface area contributed by atoms with E-state index < -0.39 is 0 Å². The van der Waals surface area contributed by atoms with Crippen molar-refractivity contribution in [3.63, 3.8) is 0 Å². The number of ether oxygens (including phenoxy) is 1. The summed E-state index contributed by atoms with van der Waals surface area (Å²) in [6, 6.07) is 0. The first-order chi connectivity index (χ1) is 6.85. The first kappa shape index (κ1) is 13.8. The van der Waals surface area contributed by atoms with Gasteiger partial charge in [-0.2, -0.15) is 0 Å². The number of aromatic nitrogens is 2. The highest BCUT2D eigenvalue weighted by molar-refractivity contribution is 6.29. The molecule has 0 saturated heterocycles. The Morgan fingerprint density at radius 2 is 1.93 bits per heavy atom. The van der Waals surface area contributed by atoms with Crippen LogP contribution in [-0.2, 0) is 9.53 Å². The van der Waals surface area contributed by atoms with Crippen LogP contribution in [0.2, 0.25) is 5.15 Å². The summed E-state index contributed by atoms with van der Waals surface area (Å²) in [6.45, 7) is 7.79. The van der Waals surface area contributed by atoms with Gasteiger partial charge in [-0.3, -0.25) is 9.78 Å². The predicted molar refractivity (Wildman–Crippen MR) is 58.7 cm³/mol. The number of nitrogens with zero attached hydrogens (tertiary/aromatic N) is 2. The summed E-state index contributed by atoms with van der Waals surface area (Å²) in [6.07, 6.45) is 3.15. The van der Waals surface area contributed by atoms with Gasteiger partial charge in [0.2, 0.25) is 0 Å².